The number of hydrogen-bond acceptors (Lipinski definition) is 2. The molecule has 0 saturated heterocycles. The van der Waals surface area contributed by atoms with Crippen LogP contribution in [0.3, 0.4) is 0 Å². The van der Waals surface area contributed by atoms with Crippen LogP contribution < -0.4 is 10.5 Å². The zero-order valence-electron chi connectivity index (χ0n) is 7.88. The number of halogens is 1. The first-order valence-electron chi connectivity index (χ1n) is 4.33. The predicted octanol–water partition coefficient (Wildman–Crippen LogP) is 2.24. The second kappa shape index (κ2) is 4.23. The zero-order valence-corrected chi connectivity index (χ0v) is 7.88. The lowest BCUT2D eigenvalue weighted by Crippen LogP contribution is -2.08. The summed E-state index contributed by atoms with van der Waals surface area (Å²) >= 11 is 0. The minimum atomic E-state index is -0.282. The SMILES string of the molecule is CCOc1ccc(F)cc1[C@@H](C)N. The molecule has 0 radical (unpaired) electrons. The van der Waals surface area contributed by atoms with Crippen LogP contribution in [0.4, 0.5) is 4.39 Å². The molecule has 0 aliphatic heterocycles. The summed E-state index contributed by atoms with van der Waals surface area (Å²) in [5, 5.41) is 0. The molecule has 72 valence electrons. The van der Waals surface area contributed by atoms with Gasteiger partial charge in [0.05, 0.1) is 6.61 Å². The minimum Gasteiger partial charge on any atom is -0.494 e. The Morgan fingerprint density at radius 1 is 1.54 bits per heavy atom. The first kappa shape index (κ1) is 9.99. The summed E-state index contributed by atoms with van der Waals surface area (Å²) in [7, 11) is 0. The lowest BCUT2D eigenvalue weighted by Gasteiger charge is -2.12. The molecule has 0 saturated carbocycles. The molecule has 0 heterocycles. The van der Waals surface area contributed by atoms with Gasteiger partial charge in [0.25, 0.3) is 0 Å². The van der Waals surface area contributed by atoms with E-state index in [2.05, 4.69) is 0 Å². The Kier molecular flexibility index (Phi) is 3.25. The Labute approximate surface area is 77.5 Å². The molecule has 0 bridgehead atoms. The van der Waals surface area contributed by atoms with Crippen molar-refractivity contribution in [1.29, 1.82) is 0 Å². The van der Waals surface area contributed by atoms with Crippen LogP contribution >= 0.6 is 0 Å². The van der Waals surface area contributed by atoms with E-state index in [-0.39, 0.29) is 11.9 Å². The second-order valence-corrected chi connectivity index (χ2v) is 2.90. The van der Waals surface area contributed by atoms with E-state index >= 15 is 0 Å². The molecule has 0 aliphatic rings. The molecule has 0 spiro atoms. The molecule has 2 nitrogen and oxygen atoms in total. The highest BCUT2D eigenvalue weighted by Crippen LogP contribution is 2.24. The first-order valence-corrected chi connectivity index (χ1v) is 4.33. The van der Waals surface area contributed by atoms with Gasteiger partial charge in [0.1, 0.15) is 11.6 Å². The summed E-state index contributed by atoms with van der Waals surface area (Å²) in [5.41, 5.74) is 6.38. The molecule has 0 fully saturated rings. The molecule has 1 aromatic rings. The van der Waals surface area contributed by atoms with Gasteiger partial charge in [-0.15, -0.1) is 0 Å². The molecule has 13 heavy (non-hydrogen) atoms. The quantitative estimate of drug-likeness (QED) is 0.780. The van der Waals surface area contributed by atoms with Gasteiger partial charge in [0.2, 0.25) is 0 Å². The third-order valence-corrected chi connectivity index (χ3v) is 1.76. The zero-order chi connectivity index (χ0) is 9.84. The molecule has 0 aliphatic carbocycles. The fraction of sp³-hybridized carbons (Fsp3) is 0.400. The summed E-state index contributed by atoms with van der Waals surface area (Å²) in [6, 6.07) is 4.18. The molecule has 0 amide bonds. The van der Waals surface area contributed by atoms with Gasteiger partial charge in [-0.3, -0.25) is 0 Å². The van der Waals surface area contributed by atoms with Gasteiger partial charge >= 0.3 is 0 Å². The Hall–Kier alpha value is -1.09. The first-order chi connectivity index (χ1) is 6.15. The molecule has 0 unspecified atom stereocenters. The maximum atomic E-state index is 12.8. The average molecular weight is 183 g/mol. The van der Waals surface area contributed by atoms with Gasteiger partial charge in [0.15, 0.2) is 0 Å². The van der Waals surface area contributed by atoms with Crippen LogP contribution in [0.5, 0.6) is 5.75 Å². The van der Waals surface area contributed by atoms with Gasteiger partial charge in [-0.05, 0) is 32.0 Å². The Morgan fingerprint density at radius 3 is 2.77 bits per heavy atom. The molecule has 2 N–H and O–H groups in total. The summed E-state index contributed by atoms with van der Waals surface area (Å²) in [6.07, 6.45) is 0. The number of ether oxygens (including phenoxy) is 1. The van der Waals surface area contributed by atoms with Crippen LogP contribution in [0.1, 0.15) is 25.5 Å². The highest BCUT2D eigenvalue weighted by atomic mass is 19.1. The van der Waals surface area contributed by atoms with E-state index < -0.39 is 0 Å². The molecule has 0 aromatic heterocycles. The number of hydrogen-bond donors (Lipinski definition) is 1. The third kappa shape index (κ3) is 2.42. The number of nitrogens with two attached hydrogens (primary N) is 1. The van der Waals surface area contributed by atoms with Crippen LogP contribution in [-0.4, -0.2) is 6.61 Å². The van der Waals surface area contributed by atoms with Crippen molar-refractivity contribution in [2.24, 2.45) is 5.73 Å². The van der Waals surface area contributed by atoms with Gasteiger partial charge in [-0.2, -0.15) is 0 Å². The largest absolute Gasteiger partial charge is 0.494 e. The highest BCUT2D eigenvalue weighted by Gasteiger charge is 2.08. The van der Waals surface area contributed by atoms with Crippen LogP contribution in [0.2, 0.25) is 0 Å². The third-order valence-electron chi connectivity index (χ3n) is 1.76. The van der Waals surface area contributed by atoms with Crippen molar-refractivity contribution in [1.82, 2.24) is 0 Å². The van der Waals surface area contributed by atoms with E-state index in [9.17, 15) is 4.39 Å². The average Bonchev–Trinajstić information content (AvgIpc) is 2.08. The summed E-state index contributed by atoms with van der Waals surface area (Å²) in [6.45, 7) is 4.25. The predicted molar refractivity (Wildman–Crippen MR) is 50.2 cm³/mol. The van der Waals surface area contributed by atoms with Crippen LogP contribution in [0.25, 0.3) is 0 Å². The smallest absolute Gasteiger partial charge is 0.124 e. The van der Waals surface area contributed by atoms with Crippen molar-refractivity contribution in [2.45, 2.75) is 19.9 Å². The maximum absolute atomic E-state index is 12.8. The van der Waals surface area contributed by atoms with Crippen molar-refractivity contribution in [3.05, 3.63) is 29.6 Å². The van der Waals surface area contributed by atoms with Crippen molar-refractivity contribution in [3.8, 4) is 5.75 Å². The molecule has 1 aromatic carbocycles. The molecule has 3 heteroatoms. The topological polar surface area (TPSA) is 35.2 Å². The van der Waals surface area contributed by atoms with Crippen molar-refractivity contribution in [2.75, 3.05) is 6.61 Å². The van der Waals surface area contributed by atoms with E-state index in [1.807, 2.05) is 6.92 Å². The number of benzene rings is 1. The summed E-state index contributed by atoms with van der Waals surface area (Å²) < 4.78 is 18.1. The van der Waals surface area contributed by atoms with Gasteiger partial charge in [0, 0.05) is 11.6 Å². The van der Waals surface area contributed by atoms with Crippen LogP contribution in [0, 0.1) is 5.82 Å². The lowest BCUT2D eigenvalue weighted by molar-refractivity contribution is 0.334. The standard InChI is InChI=1S/C10H14FNO/c1-3-13-10-5-4-8(11)6-9(10)7(2)12/h4-7H,3,12H2,1-2H3/t7-/m1/s1. The van der Waals surface area contributed by atoms with Gasteiger partial charge in [-0.1, -0.05) is 0 Å². The van der Waals surface area contributed by atoms with Crippen molar-refractivity contribution < 1.29 is 9.13 Å². The molecular formula is C10H14FNO. The van der Waals surface area contributed by atoms with E-state index in [1.54, 1.807) is 13.0 Å². The monoisotopic (exact) mass is 183 g/mol. The maximum Gasteiger partial charge on any atom is 0.124 e. The van der Waals surface area contributed by atoms with Crippen LogP contribution in [-0.2, 0) is 0 Å². The number of rotatable bonds is 3. The van der Waals surface area contributed by atoms with Gasteiger partial charge in [-0.25, -0.2) is 4.39 Å². The second-order valence-electron chi connectivity index (χ2n) is 2.90. The van der Waals surface area contributed by atoms with E-state index in [1.165, 1.54) is 12.1 Å². The Morgan fingerprint density at radius 2 is 2.23 bits per heavy atom. The van der Waals surface area contributed by atoms with Gasteiger partial charge < -0.3 is 10.5 Å². The lowest BCUT2D eigenvalue weighted by atomic mass is 10.1. The highest BCUT2D eigenvalue weighted by molar-refractivity contribution is 5.35. The molecule has 1 rings (SSSR count). The Balaban J connectivity index is 3.03. The molecular weight excluding hydrogens is 169 g/mol. The fourth-order valence-corrected chi connectivity index (χ4v) is 1.16. The van der Waals surface area contributed by atoms with E-state index in [0.717, 1.165) is 0 Å². The summed E-state index contributed by atoms with van der Waals surface area (Å²) in [4.78, 5) is 0. The van der Waals surface area contributed by atoms with E-state index in [4.69, 9.17) is 10.5 Å². The van der Waals surface area contributed by atoms with Crippen molar-refractivity contribution in [3.63, 3.8) is 0 Å². The Bertz CT molecular complexity index is 286. The molecule has 1 atom stereocenters. The van der Waals surface area contributed by atoms with Crippen LogP contribution in [0.15, 0.2) is 18.2 Å². The minimum absolute atomic E-state index is 0.211. The summed E-state index contributed by atoms with van der Waals surface area (Å²) in [5.74, 6) is 0.384. The normalized spacial score (nSPS) is 12.6. The fourth-order valence-electron chi connectivity index (χ4n) is 1.16. The van der Waals surface area contributed by atoms with Crippen molar-refractivity contribution >= 4 is 0 Å². The van der Waals surface area contributed by atoms with E-state index in [0.29, 0.717) is 17.9 Å².